The Morgan fingerprint density at radius 2 is 2.39 bits per heavy atom. The first-order valence-corrected chi connectivity index (χ1v) is 6.26. The Morgan fingerprint density at radius 3 is 3.17 bits per heavy atom. The molecule has 4 nitrogen and oxygen atoms in total. The van der Waals surface area contributed by atoms with Gasteiger partial charge in [-0.1, -0.05) is 0 Å². The van der Waals surface area contributed by atoms with E-state index in [2.05, 4.69) is 0 Å². The van der Waals surface area contributed by atoms with Gasteiger partial charge in [0.1, 0.15) is 12.4 Å². The number of ether oxygens (including phenoxy) is 2. The summed E-state index contributed by atoms with van der Waals surface area (Å²) in [6.45, 7) is 3.43. The summed E-state index contributed by atoms with van der Waals surface area (Å²) in [5.41, 5.74) is 8.29. The molecule has 0 saturated carbocycles. The van der Waals surface area contributed by atoms with Gasteiger partial charge in [-0.25, -0.2) is 0 Å². The first-order valence-electron chi connectivity index (χ1n) is 6.26. The highest BCUT2D eigenvalue weighted by Crippen LogP contribution is 2.34. The van der Waals surface area contributed by atoms with Gasteiger partial charge in [-0.15, -0.1) is 0 Å². The lowest BCUT2D eigenvalue weighted by molar-refractivity contribution is 0.0683. The lowest BCUT2D eigenvalue weighted by atomic mass is 10.1. The molecule has 0 spiro atoms. The first-order chi connectivity index (χ1) is 8.75. The van der Waals surface area contributed by atoms with Crippen molar-refractivity contribution >= 4 is 16.7 Å². The Morgan fingerprint density at radius 1 is 1.50 bits per heavy atom. The number of furan rings is 1. The molecule has 3 rings (SSSR count). The Labute approximate surface area is 106 Å². The second kappa shape index (κ2) is 4.53. The van der Waals surface area contributed by atoms with Crippen molar-refractivity contribution in [2.75, 3.05) is 18.9 Å². The number of anilines is 1. The summed E-state index contributed by atoms with van der Waals surface area (Å²) in [6, 6.07) is 3.78. The fourth-order valence-corrected chi connectivity index (χ4v) is 2.43. The van der Waals surface area contributed by atoms with Gasteiger partial charge in [-0.2, -0.15) is 0 Å². The molecule has 96 valence electrons. The summed E-state index contributed by atoms with van der Waals surface area (Å²) in [4.78, 5) is 0. The highest BCUT2D eigenvalue weighted by Gasteiger charge is 2.18. The van der Waals surface area contributed by atoms with Gasteiger partial charge in [-0.3, -0.25) is 0 Å². The van der Waals surface area contributed by atoms with E-state index in [1.54, 1.807) is 6.26 Å². The molecular formula is C14H17NO3. The molecule has 18 heavy (non-hydrogen) atoms. The molecule has 0 bridgehead atoms. The summed E-state index contributed by atoms with van der Waals surface area (Å²) in [6.07, 6.45) is 4.04. The molecule has 1 aromatic carbocycles. The molecule has 1 fully saturated rings. The summed E-state index contributed by atoms with van der Waals surface area (Å²) in [5, 5.41) is 0.936. The van der Waals surface area contributed by atoms with Crippen molar-refractivity contribution < 1.29 is 13.9 Å². The zero-order chi connectivity index (χ0) is 12.5. The molecule has 2 aromatic rings. The van der Waals surface area contributed by atoms with E-state index in [4.69, 9.17) is 19.6 Å². The van der Waals surface area contributed by atoms with Crippen molar-refractivity contribution in [1.29, 1.82) is 0 Å². The van der Waals surface area contributed by atoms with Crippen molar-refractivity contribution in [3.8, 4) is 5.75 Å². The predicted molar refractivity (Wildman–Crippen MR) is 69.8 cm³/mol. The number of hydrogen-bond donors (Lipinski definition) is 1. The maximum absolute atomic E-state index is 5.91. The van der Waals surface area contributed by atoms with Gasteiger partial charge >= 0.3 is 0 Å². The number of nitrogens with two attached hydrogens (primary N) is 1. The molecule has 1 saturated heterocycles. The highest BCUT2D eigenvalue weighted by molar-refractivity contribution is 5.94. The van der Waals surface area contributed by atoms with Gasteiger partial charge in [0.05, 0.1) is 23.4 Å². The van der Waals surface area contributed by atoms with Crippen molar-refractivity contribution in [2.45, 2.75) is 25.9 Å². The third-order valence-corrected chi connectivity index (χ3v) is 3.34. The van der Waals surface area contributed by atoms with Crippen LogP contribution in [0.3, 0.4) is 0 Å². The average Bonchev–Trinajstić information content (AvgIpc) is 2.98. The number of fused-ring (bicyclic) bond motifs is 1. The fraction of sp³-hybridized carbons (Fsp3) is 0.429. The van der Waals surface area contributed by atoms with Gasteiger partial charge in [0.15, 0.2) is 5.58 Å². The highest BCUT2D eigenvalue weighted by atomic mass is 16.5. The van der Waals surface area contributed by atoms with Crippen LogP contribution < -0.4 is 10.5 Å². The zero-order valence-electron chi connectivity index (χ0n) is 10.4. The summed E-state index contributed by atoms with van der Waals surface area (Å²) in [7, 11) is 0. The minimum absolute atomic E-state index is 0.212. The number of nitrogen functional groups attached to an aromatic ring is 1. The van der Waals surface area contributed by atoms with Gasteiger partial charge in [-0.05, 0) is 37.5 Å². The lowest BCUT2D eigenvalue weighted by Gasteiger charge is -2.14. The molecule has 0 radical (unpaired) electrons. The zero-order valence-corrected chi connectivity index (χ0v) is 10.4. The van der Waals surface area contributed by atoms with Crippen LogP contribution in [0.25, 0.3) is 11.0 Å². The minimum Gasteiger partial charge on any atom is -0.490 e. The van der Waals surface area contributed by atoms with Crippen LogP contribution in [0.4, 0.5) is 5.69 Å². The van der Waals surface area contributed by atoms with E-state index in [1.807, 2.05) is 19.1 Å². The SMILES string of the molecule is Cc1cc(N)c2occc2c1OCC1CCCO1. The second-order valence-electron chi connectivity index (χ2n) is 4.72. The van der Waals surface area contributed by atoms with Gasteiger partial charge < -0.3 is 19.6 Å². The first kappa shape index (κ1) is 11.4. The average molecular weight is 247 g/mol. The molecule has 1 unspecified atom stereocenters. The van der Waals surface area contributed by atoms with Crippen molar-refractivity contribution in [1.82, 2.24) is 0 Å². The lowest BCUT2D eigenvalue weighted by Crippen LogP contribution is -2.16. The third kappa shape index (κ3) is 1.93. The maximum Gasteiger partial charge on any atom is 0.160 e. The summed E-state index contributed by atoms with van der Waals surface area (Å²) >= 11 is 0. The molecule has 1 aliphatic heterocycles. The van der Waals surface area contributed by atoms with Gasteiger partial charge in [0.25, 0.3) is 0 Å². The van der Waals surface area contributed by atoms with Crippen molar-refractivity contribution in [2.24, 2.45) is 0 Å². The summed E-state index contributed by atoms with van der Waals surface area (Å²) in [5.74, 6) is 0.850. The molecule has 1 atom stereocenters. The van der Waals surface area contributed by atoms with Crippen LogP contribution in [0, 0.1) is 6.92 Å². The van der Waals surface area contributed by atoms with Crippen LogP contribution in [-0.2, 0) is 4.74 Å². The van der Waals surface area contributed by atoms with Crippen molar-refractivity contribution in [3.05, 3.63) is 24.0 Å². The van der Waals surface area contributed by atoms with Gasteiger partial charge in [0, 0.05) is 6.61 Å². The topological polar surface area (TPSA) is 57.6 Å². The molecule has 1 aliphatic rings. The van der Waals surface area contributed by atoms with Gasteiger partial charge in [0.2, 0.25) is 0 Å². The maximum atomic E-state index is 5.91. The van der Waals surface area contributed by atoms with Crippen LogP contribution in [0.2, 0.25) is 0 Å². The van der Waals surface area contributed by atoms with Crippen LogP contribution in [-0.4, -0.2) is 19.3 Å². The largest absolute Gasteiger partial charge is 0.490 e. The fourth-order valence-electron chi connectivity index (χ4n) is 2.43. The standard InChI is InChI=1S/C14H17NO3/c1-9-7-12(15)14-11(4-6-17-14)13(9)18-8-10-3-2-5-16-10/h4,6-7,10H,2-3,5,8,15H2,1H3. The molecule has 0 aliphatic carbocycles. The number of hydrogen-bond acceptors (Lipinski definition) is 4. The number of rotatable bonds is 3. The molecule has 2 heterocycles. The molecule has 4 heteroatoms. The number of benzene rings is 1. The van der Waals surface area contributed by atoms with Crippen LogP contribution in [0.15, 0.2) is 22.8 Å². The van der Waals surface area contributed by atoms with E-state index in [9.17, 15) is 0 Å². The molecule has 0 amide bonds. The van der Waals surface area contributed by atoms with Crippen molar-refractivity contribution in [3.63, 3.8) is 0 Å². The van der Waals surface area contributed by atoms with E-state index in [0.717, 1.165) is 36.1 Å². The quantitative estimate of drug-likeness (QED) is 0.847. The van der Waals surface area contributed by atoms with E-state index < -0.39 is 0 Å². The van der Waals surface area contributed by atoms with E-state index in [1.165, 1.54) is 0 Å². The Hall–Kier alpha value is -1.68. The predicted octanol–water partition coefficient (Wildman–Crippen LogP) is 2.88. The van der Waals surface area contributed by atoms with Crippen LogP contribution >= 0.6 is 0 Å². The van der Waals surface area contributed by atoms with E-state index >= 15 is 0 Å². The van der Waals surface area contributed by atoms with E-state index in [0.29, 0.717) is 17.9 Å². The van der Waals surface area contributed by atoms with Crippen LogP contribution in [0.1, 0.15) is 18.4 Å². The Balaban J connectivity index is 1.88. The van der Waals surface area contributed by atoms with E-state index in [-0.39, 0.29) is 6.10 Å². The normalized spacial score (nSPS) is 19.5. The molecular weight excluding hydrogens is 230 g/mol. The number of aryl methyl sites for hydroxylation is 1. The Bertz CT molecular complexity index is 555. The van der Waals surface area contributed by atoms with Crippen LogP contribution in [0.5, 0.6) is 5.75 Å². The third-order valence-electron chi connectivity index (χ3n) is 3.34. The molecule has 1 aromatic heterocycles. The Kier molecular flexibility index (Phi) is 2.88. The molecule has 2 N–H and O–H groups in total. The smallest absolute Gasteiger partial charge is 0.160 e. The minimum atomic E-state index is 0.212. The monoisotopic (exact) mass is 247 g/mol. The second-order valence-corrected chi connectivity index (χ2v) is 4.72. The summed E-state index contributed by atoms with van der Waals surface area (Å²) < 4.78 is 16.8.